The number of hydrogen-bond acceptors (Lipinski definition) is 4. The number of aldehydes is 1. The summed E-state index contributed by atoms with van der Waals surface area (Å²) in [5, 5.41) is 0. The molecular formula is C13H22O4. The number of carbonyl (C=O) groups is 1. The number of hydrogen-bond donors (Lipinski definition) is 0. The summed E-state index contributed by atoms with van der Waals surface area (Å²) in [6, 6.07) is 0. The molecule has 0 saturated heterocycles. The molecule has 4 heteroatoms. The van der Waals surface area contributed by atoms with Crippen LogP contribution in [0.5, 0.6) is 0 Å². The van der Waals surface area contributed by atoms with Crippen LogP contribution in [0, 0.1) is 5.41 Å². The van der Waals surface area contributed by atoms with Gasteiger partial charge in [-0.3, -0.25) is 0 Å². The van der Waals surface area contributed by atoms with Gasteiger partial charge in [0.05, 0.1) is 24.2 Å². The molecule has 4 nitrogen and oxygen atoms in total. The summed E-state index contributed by atoms with van der Waals surface area (Å²) in [6.45, 7) is 6.36. The van der Waals surface area contributed by atoms with Gasteiger partial charge in [0.25, 0.3) is 0 Å². The van der Waals surface area contributed by atoms with Crippen LogP contribution >= 0.6 is 0 Å². The van der Waals surface area contributed by atoms with Crippen molar-refractivity contribution in [3.05, 3.63) is 12.7 Å². The van der Waals surface area contributed by atoms with Crippen molar-refractivity contribution in [2.24, 2.45) is 5.41 Å². The second kappa shape index (κ2) is 6.89. The van der Waals surface area contributed by atoms with Crippen LogP contribution in [0.15, 0.2) is 12.7 Å². The van der Waals surface area contributed by atoms with Gasteiger partial charge < -0.3 is 19.0 Å². The van der Waals surface area contributed by atoms with E-state index >= 15 is 0 Å². The molecule has 0 aliphatic heterocycles. The minimum absolute atomic E-state index is 0.0695. The van der Waals surface area contributed by atoms with Crippen LogP contribution in [0.1, 0.15) is 26.2 Å². The minimum atomic E-state index is -0.426. The number of ether oxygens (including phenoxy) is 3. The first-order valence-corrected chi connectivity index (χ1v) is 6.01. The van der Waals surface area contributed by atoms with Gasteiger partial charge in [0, 0.05) is 13.5 Å². The van der Waals surface area contributed by atoms with E-state index in [-0.39, 0.29) is 19.0 Å². The first-order valence-electron chi connectivity index (χ1n) is 6.01. The third-order valence-electron chi connectivity index (χ3n) is 3.46. The Labute approximate surface area is 103 Å². The summed E-state index contributed by atoms with van der Waals surface area (Å²) >= 11 is 0. The zero-order chi connectivity index (χ0) is 12.7. The third-order valence-corrected chi connectivity index (χ3v) is 3.46. The average molecular weight is 242 g/mol. The van der Waals surface area contributed by atoms with E-state index in [2.05, 4.69) is 6.58 Å². The Bertz CT molecular complexity index is 254. The van der Waals surface area contributed by atoms with E-state index in [1.807, 2.05) is 6.92 Å². The van der Waals surface area contributed by atoms with Gasteiger partial charge in [-0.05, 0) is 12.8 Å². The van der Waals surface area contributed by atoms with Crippen molar-refractivity contribution < 1.29 is 19.0 Å². The molecule has 0 amide bonds. The van der Waals surface area contributed by atoms with Crippen LogP contribution in [0.4, 0.5) is 0 Å². The van der Waals surface area contributed by atoms with E-state index < -0.39 is 5.41 Å². The smallest absolute Gasteiger partial charge is 0.146 e. The summed E-state index contributed by atoms with van der Waals surface area (Å²) in [5.74, 6) is 0. The fraction of sp³-hybridized carbons (Fsp3) is 0.769. The van der Waals surface area contributed by atoms with Crippen LogP contribution in [-0.2, 0) is 19.0 Å². The molecule has 0 spiro atoms. The van der Waals surface area contributed by atoms with E-state index in [0.717, 1.165) is 25.5 Å². The molecule has 1 rings (SSSR count). The molecular weight excluding hydrogens is 220 g/mol. The highest BCUT2D eigenvalue weighted by Crippen LogP contribution is 2.42. The molecule has 0 heterocycles. The molecule has 1 aliphatic carbocycles. The fourth-order valence-electron chi connectivity index (χ4n) is 2.41. The first-order chi connectivity index (χ1) is 8.22. The largest absolute Gasteiger partial charge is 0.374 e. The Kier molecular flexibility index (Phi) is 5.82. The standard InChI is InChI=1S/C13H22O4/c1-4-6-16-11-7-12(17-10-15-3)13(5-2,8-11)9-14/h4,9,11-12H,1,5-8,10H2,2-3H3/t11-,12-,13-/m0/s1. The predicted octanol–water partition coefficient (Wildman–Crippen LogP) is 1.94. The van der Waals surface area contributed by atoms with Crippen molar-refractivity contribution in [1.29, 1.82) is 0 Å². The van der Waals surface area contributed by atoms with E-state index in [9.17, 15) is 4.79 Å². The maximum Gasteiger partial charge on any atom is 0.146 e. The van der Waals surface area contributed by atoms with Gasteiger partial charge >= 0.3 is 0 Å². The lowest BCUT2D eigenvalue weighted by Crippen LogP contribution is -2.33. The number of carbonyl (C=O) groups excluding carboxylic acids is 1. The quantitative estimate of drug-likeness (QED) is 0.371. The summed E-state index contributed by atoms with van der Waals surface area (Å²) in [5.41, 5.74) is -0.426. The van der Waals surface area contributed by atoms with Gasteiger partial charge in [-0.25, -0.2) is 0 Å². The maximum atomic E-state index is 11.4. The van der Waals surface area contributed by atoms with Crippen molar-refractivity contribution >= 4 is 6.29 Å². The summed E-state index contributed by atoms with van der Waals surface area (Å²) in [7, 11) is 1.58. The number of methoxy groups -OCH3 is 1. The van der Waals surface area contributed by atoms with Gasteiger partial charge in [-0.15, -0.1) is 6.58 Å². The lowest BCUT2D eigenvalue weighted by Gasteiger charge is -2.27. The highest BCUT2D eigenvalue weighted by atomic mass is 16.7. The molecule has 1 fully saturated rings. The van der Waals surface area contributed by atoms with E-state index in [0.29, 0.717) is 6.61 Å². The zero-order valence-electron chi connectivity index (χ0n) is 10.7. The number of rotatable bonds is 8. The molecule has 17 heavy (non-hydrogen) atoms. The molecule has 0 unspecified atom stereocenters. The fourth-order valence-corrected chi connectivity index (χ4v) is 2.41. The van der Waals surface area contributed by atoms with Crippen molar-refractivity contribution in [3.63, 3.8) is 0 Å². The highest BCUT2D eigenvalue weighted by Gasteiger charge is 2.47. The highest BCUT2D eigenvalue weighted by molar-refractivity contribution is 5.61. The van der Waals surface area contributed by atoms with Crippen LogP contribution in [0.25, 0.3) is 0 Å². The van der Waals surface area contributed by atoms with Crippen molar-refractivity contribution in [1.82, 2.24) is 0 Å². The Morgan fingerprint density at radius 2 is 2.24 bits per heavy atom. The maximum absolute atomic E-state index is 11.4. The van der Waals surface area contributed by atoms with Crippen molar-refractivity contribution in [3.8, 4) is 0 Å². The summed E-state index contributed by atoms with van der Waals surface area (Å²) < 4.78 is 16.1. The third kappa shape index (κ3) is 3.37. The van der Waals surface area contributed by atoms with Crippen molar-refractivity contribution in [2.75, 3.05) is 20.5 Å². The molecule has 0 aromatic carbocycles. The Hall–Kier alpha value is -0.710. The average Bonchev–Trinajstić information content (AvgIpc) is 2.72. The monoisotopic (exact) mass is 242 g/mol. The minimum Gasteiger partial charge on any atom is -0.374 e. The molecule has 0 aromatic heterocycles. The second-order valence-corrected chi connectivity index (χ2v) is 4.45. The van der Waals surface area contributed by atoms with Crippen LogP contribution in [0.3, 0.4) is 0 Å². The Morgan fingerprint density at radius 3 is 2.76 bits per heavy atom. The van der Waals surface area contributed by atoms with E-state index in [1.165, 1.54) is 0 Å². The van der Waals surface area contributed by atoms with Gasteiger partial charge in [-0.1, -0.05) is 13.0 Å². The Balaban J connectivity index is 2.64. The molecule has 3 atom stereocenters. The van der Waals surface area contributed by atoms with Crippen molar-refractivity contribution in [2.45, 2.75) is 38.4 Å². The van der Waals surface area contributed by atoms with Gasteiger partial charge in [0.15, 0.2) is 0 Å². The normalized spacial score (nSPS) is 32.6. The molecule has 0 aromatic rings. The topological polar surface area (TPSA) is 44.8 Å². The lowest BCUT2D eigenvalue weighted by molar-refractivity contribution is -0.135. The molecule has 0 radical (unpaired) electrons. The Morgan fingerprint density at radius 1 is 1.47 bits per heavy atom. The van der Waals surface area contributed by atoms with Gasteiger partial charge in [-0.2, -0.15) is 0 Å². The first kappa shape index (κ1) is 14.4. The van der Waals surface area contributed by atoms with E-state index in [4.69, 9.17) is 14.2 Å². The molecule has 98 valence electrons. The van der Waals surface area contributed by atoms with E-state index in [1.54, 1.807) is 13.2 Å². The molecule has 1 saturated carbocycles. The predicted molar refractivity (Wildman–Crippen MR) is 64.7 cm³/mol. The summed E-state index contributed by atoms with van der Waals surface area (Å²) in [4.78, 5) is 11.4. The summed E-state index contributed by atoms with van der Waals surface area (Å²) in [6.07, 6.45) is 4.92. The molecule has 0 bridgehead atoms. The SMILES string of the molecule is C=CCO[C@H]1C[C@H](OCOC)[C@@](C=O)(CC)C1. The second-order valence-electron chi connectivity index (χ2n) is 4.45. The van der Waals surface area contributed by atoms with Crippen LogP contribution < -0.4 is 0 Å². The van der Waals surface area contributed by atoms with Gasteiger partial charge in [0.2, 0.25) is 0 Å². The van der Waals surface area contributed by atoms with Gasteiger partial charge in [0.1, 0.15) is 13.1 Å². The van der Waals surface area contributed by atoms with Crippen LogP contribution in [0.2, 0.25) is 0 Å². The lowest BCUT2D eigenvalue weighted by atomic mass is 9.83. The van der Waals surface area contributed by atoms with Crippen LogP contribution in [-0.4, -0.2) is 39.0 Å². The molecule has 1 aliphatic rings. The molecule has 0 N–H and O–H groups in total. The zero-order valence-corrected chi connectivity index (χ0v) is 10.7.